The van der Waals surface area contributed by atoms with E-state index in [1.165, 1.54) is 0 Å². The summed E-state index contributed by atoms with van der Waals surface area (Å²) in [5.74, 6) is -1.53. The van der Waals surface area contributed by atoms with Crippen molar-refractivity contribution in [3.63, 3.8) is 0 Å². The monoisotopic (exact) mass is 710 g/mol. The van der Waals surface area contributed by atoms with Crippen LogP contribution in [0.25, 0.3) is 0 Å². The number of rotatable bonds is 20. The molecule has 1 saturated heterocycles. The third-order valence-electron chi connectivity index (χ3n) is 10.1. The molecule has 0 radical (unpaired) electrons. The van der Waals surface area contributed by atoms with E-state index in [1.807, 2.05) is 67.6 Å². The van der Waals surface area contributed by atoms with Crippen molar-refractivity contribution in [1.82, 2.24) is 0 Å². The van der Waals surface area contributed by atoms with Crippen LogP contribution in [0.3, 0.4) is 0 Å². The Morgan fingerprint density at radius 1 is 1.06 bits per heavy atom. The summed E-state index contributed by atoms with van der Waals surface area (Å²) in [6.07, 6.45) is 4.49. The SMILES string of the molecule is C=C[C@@H](C)[C@H](C[C@@](C)(CCCOCc1ccccc1)OC(=O)C[C@]1(O)C[C@H](OCc2ccc(OC)cc2)C[C@H](C=C)O1)O[Si](C)(C)C(C)(C)C. The molecule has 50 heavy (non-hydrogen) atoms. The summed E-state index contributed by atoms with van der Waals surface area (Å²) in [6.45, 7) is 24.5. The average Bonchev–Trinajstić information content (AvgIpc) is 3.06. The zero-order valence-corrected chi connectivity index (χ0v) is 32.7. The Morgan fingerprint density at radius 2 is 1.72 bits per heavy atom. The lowest BCUT2D eigenvalue weighted by atomic mass is 9.88. The van der Waals surface area contributed by atoms with Crippen LogP contribution < -0.4 is 4.74 Å². The van der Waals surface area contributed by atoms with Crippen molar-refractivity contribution in [3.8, 4) is 5.75 Å². The smallest absolute Gasteiger partial charge is 0.311 e. The molecule has 0 aromatic heterocycles. The number of carbonyl (C=O) groups excluding carboxylic acids is 1. The summed E-state index contributed by atoms with van der Waals surface area (Å²) in [5, 5.41) is 11.7. The van der Waals surface area contributed by atoms with E-state index in [0.29, 0.717) is 45.5 Å². The number of benzene rings is 2. The Bertz CT molecular complexity index is 1340. The van der Waals surface area contributed by atoms with E-state index in [2.05, 4.69) is 53.9 Å². The fraction of sp³-hybridized carbons (Fsp3) is 0.585. The molecule has 0 unspecified atom stereocenters. The first-order valence-electron chi connectivity index (χ1n) is 17.9. The van der Waals surface area contributed by atoms with Gasteiger partial charge >= 0.3 is 5.97 Å². The van der Waals surface area contributed by atoms with Gasteiger partial charge in [-0.3, -0.25) is 4.79 Å². The first-order chi connectivity index (χ1) is 23.5. The average molecular weight is 711 g/mol. The van der Waals surface area contributed by atoms with Crippen LogP contribution in [0.5, 0.6) is 5.75 Å². The maximum atomic E-state index is 13.8. The lowest BCUT2D eigenvalue weighted by Gasteiger charge is -2.43. The highest BCUT2D eigenvalue weighted by Gasteiger charge is 2.45. The van der Waals surface area contributed by atoms with Crippen molar-refractivity contribution >= 4 is 14.3 Å². The minimum absolute atomic E-state index is 0.000231. The predicted molar refractivity (Wildman–Crippen MR) is 201 cm³/mol. The van der Waals surface area contributed by atoms with E-state index >= 15 is 0 Å². The zero-order chi connectivity index (χ0) is 37.0. The first kappa shape index (κ1) is 41.6. The highest BCUT2D eigenvalue weighted by molar-refractivity contribution is 6.74. The maximum absolute atomic E-state index is 13.8. The largest absolute Gasteiger partial charge is 0.497 e. The molecule has 9 heteroatoms. The van der Waals surface area contributed by atoms with Crippen LogP contribution in [0.1, 0.15) is 84.3 Å². The van der Waals surface area contributed by atoms with Crippen LogP contribution in [0, 0.1) is 5.92 Å². The Morgan fingerprint density at radius 3 is 2.32 bits per heavy atom. The zero-order valence-electron chi connectivity index (χ0n) is 31.7. The second-order valence-electron chi connectivity index (χ2n) is 15.5. The summed E-state index contributed by atoms with van der Waals surface area (Å²) in [6, 6.07) is 17.7. The van der Waals surface area contributed by atoms with Crippen molar-refractivity contribution in [2.24, 2.45) is 5.92 Å². The number of aliphatic hydroxyl groups is 1. The lowest BCUT2D eigenvalue weighted by molar-refractivity contribution is -0.272. The molecule has 1 heterocycles. The van der Waals surface area contributed by atoms with E-state index in [0.717, 1.165) is 16.9 Å². The third-order valence-corrected chi connectivity index (χ3v) is 14.6. The third kappa shape index (κ3) is 13.1. The fourth-order valence-electron chi connectivity index (χ4n) is 5.91. The van der Waals surface area contributed by atoms with Crippen LogP contribution in [0.4, 0.5) is 0 Å². The van der Waals surface area contributed by atoms with Gasteiger partial charge in [-0.25, -0.2) is 0 Å². The maximum Gasteiger partial charge on any atom is 0.311 e. The van der Waals surface area contributed by atoms with Gasteiger partial charge in [0.05, 0.1) is 45.1 Å². The van der Waals surface area contributed by atoms with Crippen LogP contribution in [0.15, 0.2) is 79.9 Å². The summed E-state index contributed by atoms with van der Waals surface area (Å²) < 4.78 is 36.7. The summed E-state index contributed by atoms with van der Waals surface area (Å²) in [7, 11) is -0.548. The van der Waals surface area contributed by atoms with Gasteiger partial charge in [0, 0.05) is 25.9 Å². The van der Waals surface area contributed by atoms with Gasteiger partial charge in [-0.05, 0) is 67.1 Å². The number of ether oxygens (including phenoxy) is 5. The molecule has 0 saturated carbocycles. The second kappa shape index (κ2) is 18.6. The second-order valence-corrected chi connectivity index (χ2v) is 20.3. The molecule has 2 aromatic carbocycles. The molecule has 2 aromatic rings. The van der Waals surface area contributed by atoms with Crippen LogP contribution in [0.2, 0.25) is 18.1 Å². The first-order valence-corrected chi connectivity index (χ1v) is 20.8. The van der Waals surface area contributed by atoms with Gasteiger partial charge in [0.25, 0.3) is 0 Å². The van der Waals surface area contributed by atoms with E-state index in [4.69, 9.17) is 28.1 Å². The number of hydrogen-bond donors (Lipinski definition) is 1. The van der Waals surface area contributed by atoms with Crippen molar-refractivity contribution < 1.29 is 38.0 Å². The fourth-order valence-corrected chi connectivity index (χ4v) is 7.32. The van der Waals surface area contributed by atoms with Crippen molar-refractivity contribution in [1.29, 1.82) is 0 Å². The van der Waals surface area contributed by atoms with Gasteiger partial charge in [-0.15, -0.1) is 13.2 Å². The van der Waals surface area contributed by atoms with Crippen molar-refractivity contribution in [2.75, 3.05) is 13.7 Å². The van der Waals surface area contributed by atoms with E-state index < -0.39 is 31.8 Å². The van der Waals surface area contributed by atoms with E-state index in [9.17, 15) is 9.90 Å². The molecular weight excluding hydrogens is 649 g/mol. The molecule has 1 fully saturated rings. The van der Waals surface area contributed by atoms with Crippen molar-refractivity contribution in [2.45, 2.75) is 134 Å². The normalized spacial score (nSPS) is 22.2. The van der Waals surface area contributed by atoms with Gasteiger partial charge in [-0.1, -0.05) is 82.3 Å². The number of hydrogen-bond acceptors (Lipinski definition) is 8. The Hall–Kier alpha value is -2.79. The molecule has 1 aliphatic rings. The number of esters is 1. The highest BCUT2D eigenvalue weighted by atomic mass is 28.4. The number of carbonyl (C=O) groups is 1. The van der Waals surface area contributed by atoms with E-state index in [1.54, 1.807) is 13.2 Å². The minimum Gasteiger partial charge on any atom is -0.497 e. The lowest BCUT2D eigenvalue weighted by Crippen LogP contribution is -2.50. The molecule has 1 N–H and O–H groups in total. The van der Waals surface area contributed by atoms with Gasteiger partial charge in [0.15, 0.2) is 14.1 Å². The summed E-state index contributed by atoms with van der Waals surface area (Å²) >= 11 is 0. The Labute approximate surface area is 302 Å². The van der Waals surface area contributed by atoms with Gasteiger partial charge in [-0.2, -0.15) is 0 Å². The van der Waals surface area contributed by atoms with Crippen LogP contribution in [-0.4, -0.2) is 62.8 Å². The topological polar surface area (TPSA) is 92.7 Å². The summed E-state index contributed by atoms with van der Waals surface area (Å²) in [4.78, 5) is 13.8. The predicted octanol–water partition coefficient (Wildman–Crippen LogP) is 8.93. The molecule has 278 valence electrons. The standard InChI is InChI=1S/C41H62O8Si/c1-11-31(3)37(49-50(9,10)39(4,5)6)27-40(7,23-16-24-45-29-32-17-14-13-15-18-32)48-38(42)28-41(43)26-36(25-34(12-2)47-41)46-30-33-19-21-35(44-8)22-20-33/h11-15,17-22,31,34,36-37,43H,1-2,16,23-30H2,3-10H3/t31-,34+,36-,37+,40-,41+/m1/s1. The van der Waals surface area contributed by atoms with Crippen LogP contribution >= 0.6 is 0 Å². The van der Waals surface area contributed by atoms with Crippen molar-refractivity contribution in [3.05, 3.63) is 91.0 Å². The molecule has 8 nitrogen and oxygen atoms in total. The molecule has 0 bridgehead atoms. The van der Waals surface area contributed by atoms with Gasteiger partial charge in [0.1, 0.15) is 11.4 Å². The molecule has 3 rings (SSSR count). The van der Waals surface area contributed by atoms with Crippen LogP contribution in [-0.2, 0) is 41.4 Å². The highest BCUT2D eigenvalue weighted by Crippen LogP contribution is 2.41. The summed E-state index contributed by atoms with van der Waals surface area (Å²) in [5.41, 5.74) is 1.18. The molecule has 0 amide bonds. The molecule has 0 spiro atoms. The molecule has 0 aliphatic carbocycles. The Kier molecular flexibility index (Phi) is 15.5. The quantitative estimate of drug-likeness (QED) is 0.0631. The van der Waals surface area contributed by atoms with Gasteiger partial charge in [0.2, 0.25) is 0 Å². The van der Waals surface area contributed by atoms with Gasteiger partial charge < -0.3 is 33.2 Å². The minimum atomic E-state index is -2.17. The molecule has 1 aliphatic heterocycles. The molecular formula is C41H62O8Si. The molecule has 6 atom stereocenters. The Balaban J connectivity index is 1.73. The van der Waals surface area contributed by atoms with E-state index in [-0.39, 0.29) is 36.0 Å². The number of methoxy groups -OCH3 is 1.